The molecule has 1 unspecified atom stereocenters. The molecule has 7 nitrogen and oxygen atoms in total. The summed E-state index contributed by atoms with van der Waals surface area (Å²) in [5.41, 5.74) is 2.33. The highest BCUT2D eigenvalue weighted by Crippen LogP contribution is 2.24. The lowest BCUT2D eigenvalue weighted by Gasteiger charge is -2.34. The summed E-state index contributed by atoms with van der Waals surface area (Å²) in [7, 11) is -3.78. The van der Waals surface area contributed by atoms with Crippen LogP contribution in [0.1, 0.15) is 50.8 Å². The van der Waals surface area contributed by atoms with Gasteiger partial charge in [0.15, 0.2) is 0 Å². The average molecular weight is 522 g/mol. The van der Waals surface area contributed by atoms with Crippen LogP contribution in [0.4, 0.5) is 5.69 Å². The van der Waals surface area contributed by atoms with Crippen molar-refractivity contribution in [3.63, 3.8) is 0 Å². The molecule has 0 bridgehead atoms. The van der Waals surface area contributed by atoms with Gasteiger partial charge in [0.1, 0.15) is 12.6 Å². The molecule has 0 aliphatic heterocycles. The van der Waals surface area contributed by atoms with Crippen LogP contribution in [0.5, 0.6) is 0 Å². The minimum Gasteiger partial charge on any atom is -0.350 e. The minimum absolute atomic E-state index is 0.0685. The van der Waals surface area contributed by atoms with Crippen molar-refractivity contribution in [1.29, 1.82) is 0 Å². The second kappa shape index (κ2) is 11.4. The summed E-state index contributed by atoms with van der Waals surface area (Å²) in [5.74, 6) is -0.803. The molecule has 35 heavy (non-hydrogen) atoms. The molecule has 1 N–H and O–H groups in total. The van der Waals surface area contributed by atoms with E-state index in [1.54, 1.807) is 36.4 Å². The second-order valence-electron chi connectivity index (χ2n) is 9.89. The maximum Gasteiger partial charge on any atom is 0.244 e. The zero-order valence-corrected chi connectivity index (χ0v) is 23.1. The van der Waals surface area contributed by atoms with Gasteiger partial charge in [-0.2, -0.15) is 0 Å². The molecule has 2 amide bonds. The fourth-order valence-corrected chi connectivity index (χ4v) is 4.92. The molecule has 0 saturated heterocycles. The zero-order valence-electron chi connectivity index (χ0n) is 21.6. The van der Waals surface area contributed by atoms with Crippen molar-refractivity contribution in [3.8, 4) is 0 Å². The van der Waals surface area contributed by atoms with Crippen molar-refractivity contribution >= 4 is 39.1 Å². The van der Waals surface area contributed by atoms with Crippen LogP contribution in [0.25, 0.3) is 0 Å². The minimum atomic E-state index is -3.78. The third-order valence-corrected chi connectivity index (χ3v) is 6.87. The summed E-state index contributed by atoms with van der Waals surface area (Å²) in [5, 5.41) is 3.40. The van der Waals surface area contributed by atoms with Gasteiger partial charge in [0.25, 0.3) is 0 Å². The number of nitrogens with one attached hydrogen (secondary N) is 1. The summed E-state index contributed by atoms with van der Waals surface area (Å²) in [6.45, 7) is 10.8. The van der Waals surface area contributed by atoms with E-state index in [0.717, 1.165) is 21.7 Å². The van der Waals surface area contributed by atoms with Crippen LogP contribution in [0.2, 0.25) is 5.02 Å². The highest BCUT2D eigenvalue weighted by atomic mass is 35.5. The van der Waals surface area contributed by atoms with E-state index in [2.05, 4.69) is 5.32 Å². The molecule has 0 heterocycles. The van der Waals surface area contributed by atoms with Crippen LogP contribution >= 0.6 is 11.6 Å². The van der Waals surface area contributed by atoms with E-state index in [0.29, 0.717) is 22.7 Å². The Morgan fingerprint density at radius 3 is 2.11 bits per heavy atom. The number of amides is 2. The quantitative estimate of drug-likeness (QED) is 0.528. The molecule has 2 aromatic rings. The van der Waals surface area contributed by atoms with E-state index >= 15 is 0 Å². The van der Waals surface area contributed by atoms with Gasteiger partial charge in [0.05, 0.1) is 11.9 Å². The number of halogens is 1. The molecule has 0 saturated carbocycles. The lowest BCUT2D eigenvalue weighted by Crippen LogP contribution is -2.55. The van der Waals surface area contributed by atoms with Gasteiger partial charge < -0.3 is 10.2 Å². The van der Waals surface area contributed by atoms with E-state index in [-0.39, 0.29) is 12.5 Å². The third-order valence-electron chi connectivity index (χ3n) is 5.36. The predicted octanol–water partition coefficient (Wildman–Crippen LogP) is 4.44. The van der Waals surface area contributed by atoms with Crippen LogP contribution in [-0.4, -0.2) is 49.5 Å². The van der Waals surface area contributed by atoms with Gasteiger partial charge in [-0.3, -0.25) is 13.9 Å². The summed E-state index contributed by atoms with van der Waals surface area (Å²) < 4.78 is 26.6. The standard InChI is InChI=1S/C26H36ClN3O4S/c1-8-23(25(32)28-26(4,5)6)29(16-20-11-9-10-12-22(20)27)24(31)17-30(35(7,33)34)21-14-18(2)13-19(3)15-21/h9-15,23H,8,16-17H2,1-7H3,(H,28,32). The molecule has 2 rings (SSSR count). The van der Waals surface area contributed by atoms with Crippen LogP contribution < -0.4 is 9.62 Å². The van der Waals surface area contributed by atoms with Gasteiger partial charge in [-0.05, 0) is 75.9 Å². The first-order chi connectivity index (χ1) is 16.1. The van der Waals surface area contributed by atoms with Crippen LogP contribution in [0.3, 0.4) is 0 Å². The Bertz CT molecular complexity index is 1160. The maximum atomic E-state index is 13.7. The van der Waals surface area contributed by atoms with E-state index in [4.69, 9.17) is 11.6 Å². The average Bonchev–Trinajstić information content (AvgIpc) is 2.70. The van der Waals surface area contributed by atoms with Gasteiger partial charge in [0.2, 0.25) is 21.8 Å². The first kappa shape index (κ1) is 28.7. The lowest BCUT2D eigenvalue weighted by atomic mass is 10.1. The van der Waals surface area contributed by atoms with Crippen molar-refractivity contribution in [1.82, 2.24) is 10.2 Å². The SMILES string of the molecule is CCC(C(=O)NC(C)(C)C)N(Cc1ccccc1Cl)C(=O)CN(c1cc(C)cc(C)c1)S(C)(=O)=O. The molecule has 0 radical (unpaired) electrons. The second-order valence-corrected chi connectivity index (χ2v) is 12.2. The number of rotatable bonds is 9. The number of sulfonamides is 1. The van der Waals surface area contributed by atoms with Crippen molar-refractivity contribution in [2.75, 3.05) is 17.1 Å². The molecule has 9 heteroatoms. The van der Waals surface area contributed by atoms with Gasteiger partial charge in [-0.15, -0.1) is 0 Å². The number of anilines is 1. The smallest absolute Gasteiger partial charge is 0.244 e. The van der Waals surface area contributed by atoms with Crippen LogP contribution in [-0.2, 0) is 26.2 Å². The number of aryl methyl sites for hydroxylation is 2. The monoisotopic (exact) mass is 521 g/mol. The summed E-state index contributed by atoms with van der Waals surface area (Å²) >= 11 is 6.37. The Hall–Kier alpha value is -2.58. The van der Waals surface area contributed by atoms with Crippen LogP contribution in [0, 0.1) is 13.8 Å². The van der Waals surface area contributed by atoms with Gasteiger partial charge in [-0.25, -0.2) is 8.42 Å². The fourth-order valence-electron chi connectivity index (χ4n) is 3.89. The summed E-state index contributed by atoms with van der Waals surface area (Å²) in [6, 6.07) is 11.7. The number of hydrogen-bond acceptors (Lipinski definition) is 4. The van der Waals surface area contributed by atoms with Gasteiger partial charge >= 0.3 is 0 Å². The largest absolute Gasteiger partial charge is 0.350 e. The molecule has 2 aromatic carbocycles. The summed E-state index contributed by atoms with van der Waals surface area (Å²) in [6.07, 6.45) is 1.42. The fraction of sp³-hybridized carbons (Fsp3) is 0.462. The Morgan fingerprint density at radius 2 is 1.63 bits per heavy atom. The number of benzene rings is 2. The molecule has 0 aromatic heterocycles. The number of carbonyl (C=O) groups excluding carboxylic acids is 2. The molecule has 0 aliphatic carbocycles. The molecule has 0 aliphatic rings. The van der Waals surface area contributed by atoms with Gasteiger partial charge in [0, 0.05) is 17.1 Å². The number of carbonyl (C=O) groups is 2. The normalized spacial score (nSPS) is 12.7. The third kappa shape index (κ3) is 8.25. The van der Waals surface area contributed by atoms with Crippen molar-refractivity contribution in [2.45, 2.75) is 66.1 Å². The molecule has 1 atom stereocenters. The maximum absolute atomic E-state index is 13.7. The predicted molar refractivity (Wildman–Crippen MR) is 142 cm³/mol. The Labute approximate surface area is 214 Å². The Balaban J connectivity index is 2.51. The molecule has 0 spiro atoms. The first-order valence-electron chi connectivity index (χ1n) is 11.5. The topological polar surface area (TPSA) is 86.8 Å². The lowest BCUT2D eigenvalue weighted by molar-refractivity contribution is -0.141. The molecular weight excluding hydrogens is 486 g/mol. The zero-order chi connectivity index (χ0) is 26.6. The van der Waals surface area contributed by atoms with Crippen molar-refractivity contribution in [2.24, 2.45) is 0 Å². The molecule has 0 fully saturated rings. The highest BCUT2D eigenvalue weighted by molar-refractivity contribution is 7.92. The number of nitrogens with zero attached hydrogens (tertiary/aromatic N) is 2. The van der Waals surface area contributed by atoms with Gasteiger partial charge in [-0.1, -0.05) is 42.8 Å². The van der Waals surface area contributed by atoms with Crippen molar-refractivity contribution in [3.05, 3.63) is 64.2 Å². The van der Waals surface area contributed by atoms with E-state index < -0.39 is 34.1 Å². The van der Waals surface area contributed by atoms with E-state index in [1.165, 1.54) is 4.90 Å². The molecular formula is C26H36ClN3O4S. The molecule has 192 valence electrons. The summed E-state index contributed by atoms with van der Waals surface area (Å²) in [4.78, 5) is 28.3. The van der Waals surface area contributed by atoms with Crippen LogP contribution in [0.15, 0.2) is 42.5 Å². The highest BCUT2D eigenvalue weighted by Gasteiger charge is 2.33. The van der Waals surface area contributed by atoms with E-state index in [1.807, 2.05) is 47.6 Å². The Morgan fingerprint density at radius 1 is 1.06 bits per heavy atom. The van der Waals surface area contributed by atoms with Crippen molar-refractivity contribution < 1.29 is 18.0 Å². The first-order valence-corrected chi connectivity index (χ1v) is 13.8. The Kier molecular flexibility index (Phi) is 9.36. The number of hydrogen-bond donors (Lipinski definition) is 1. The van der Waals surface area contributed by atoms with E-state index in [9.17, 15) is 18.0 Å².